The molecule has 1 amide bonds. The van der Waals surface area contributed by atoms with Crippen molar-refractivity contribution in [1.82, 2.24) is 19.2 Å². The largest absolute Gasteiger partial charge is 0.395 e. The van der Waals surface area contributed by atoms with E-state index in [4.69, 9.17) is 0 Å². The van der Waals surface area contributed by atoms with E-state index in [-0.39, 0.29) is 18.6 Å². The van der Waals surface area contributed by atoms with Crippen molar-refractivity contribution in [2.24, 2.45) is 0 Å². The minimum atomic E-state index is -0.0402. The molecule has 0 aliphatic carbocycles. The van der Waals surface area contributed by atoms with Gasteiger partial charge < -0.3 is 10.0 Å². The molecule has 1 aromatic carbocycles. The molecule has 2 aromatic heterocycles. The van der Waals surface area contributed by atoms with Crippen LogP contribution in [0.5, 0.6) is 0 Å². The van der Waals surface area contributed by atoms with Crippen LogP contribution < -0.4 is 0 Å². The Bertz CT molecular complexity index is 936. The monoisotopic (exact) mass is 398 g/mol. The SMILES string of the molecule is CN(CCc1ccccc1)C(=O)c1nc2sccn2c1CN1CCC[C@H]1CO. The van der Waals surface area contributed by atoms with E-state index >= 15 is 0 Å². The molecular weight excluding hydrogens is 372 g/mol. The van der Waals surface area contributed by atoms with E-state index in [1.54, 1.807) is 4.90 Å². The van der Waals surface area contributed by atoms with Crippen LogP contribution in [0, 0.1) is 0 Å². The van der Waals surface area contributed by atoms with Gasteiger partial charge >= 0.3 is 0 Å². The normalized spacial score (nSPS) is 17.4. The molecular formula is C21H26N4O2S. The predicted molar refractivity (Wildman–Crippen MR) is 111 cm³/mol. The quantitative estimate of drug-likeness (QED) is 0.665. The molecule has 3 heterocycles. The Hall–Kier alpha value is -2.22. The molecule has 148 valence electrons. The molecule has 1 atom stereocenters. The summed E-state index contributed by atoms with van der Waals surface area (Å²) >= 11 is 1.54. The van der Waals surface area contributed by atoms with E-state index in [1.165, 1.54) is 16.9 Å². The molecule has 1 N–H and O–H groups in total. The molecule has 28 heavy (non-hydrogen) atoms. The topological polar surface area (TPSA) is 61.1 Å². The van der Waals surface area contributed by atoms with Crippen LogP contribution in [-0.2, 0) is 13.0 Å². The van der Waals surface area contributed by atoms with E-state index in [0.717, 1.165) is 36.5 Å². The summed E-state index contributed by atoms with van der Waals surface area (Å²) in [7, 11) is 1.84. The van der Waals surface area contributed by atoms with E-state index in [1.807, 2.05) is 41.2 Å². The number of hydrogen-bond acceptors (Lipinski definition) is 5. The number of imidazole rings is 1. The van der Waals surface area contributed by atoms with E-state index in [9.17, 15) is 9.90 Å². The summed E-state index contributed by atoms with van der Waals surface area (Å²) < 4.78 is 2.02. The number of amides is 1. The molecule has 4 rings (SSSR count). The lowest BCUT2D eigenvalue weighted by atomic mass is 10.1. The van der Waals surface area contributed by atoms with Gasteiger partial charge in [-0.25, -0.2) is 4.98 Å². The molecule has 0 saturated carbocycles. The molecule has 0 bridgehead atoms. The fourth-order valence-electron chi connectivity index (χ4n) is 3.88. The third-order valence-corrected chi connectivity index (χ3v) is 6.31. The fraction of sp³-hybridized carbons (Fsp3) is 0.429. The molecule has 1 fully saturated rings. The second-order valence-electron chi connectivity index (χ2n) is 7.37. The average molecular weight is 399 g/mol. The summed E-state index contributed by atoms with van der Waals surface area (Å²) in [5.41, 5.74) is 2.68. The van der Waals surface area contributed by atoms with E-state index in [0.29, 0.717) is 18.8 Å². The van der Waals surface area contributed by atoms with Gasteiger partial charge in [-0.15, -0.1) is 11.3 Å². The van der Waals surface area contributed by atoms with Crippen molar-refractivity contribution in [3.8, 4) is 0 Å². The third-order valence-electron chi connectivity index (χ3n) is 5.55. The molecule has 0 unspecified atom stereocenters. The highest BCUT2D eigenvalue weighted by Gasteiger charge is 2.29. The minimum absolute atomic E-state index is 0.0402. The Morgan fingerprint density at radius 1 is 1.36 bits per heavy atom. The smallest absolute Gasteiger partial charge is 0.274 e. The number of benzene rings is 1. The van der Waals surface area contributed by atoms with Gasteiger partial charge in [0.25, 0.3) is 5.91 Å². The van der Waals surface area contributed by atoms with E-state index in [2.05, 4.69) is 22.0 Å². The lowest BCUT2D eigenvalue weighted by Crippen LogP contribution is -2.34. The van der Waals surface area contributed by atoms with Crippen LogP contribution in [0.1, 0.15) is 34.6 Å². The van der Waals surface area contributed by atoms with Gasteiger partial charge in [-0.3, -0.25) is 14.1 Å². The number of likely N-dealkylation sites (N-methyl/N-ethyl adjacent to an activating group) is 1. The molecule has 6 nitrogen and oxygen atoms in total. The number of nitrogens with zero attached hydrogens (tertiary/aromatic N) is 4. The van der Waals surface area contributed by atoms with Gasteiger partial charge in [0.1, 0.15) is 0 Å². The first-order chi connectivity index (χ1) is 13.7. The first kappa shape index (κ1) is 19.1. The van der Waals surface area contributed by atoms with Gasteiger partial charge in [-0.05, 0) is 31.4 Å². The summed E-state index contributed by atoms with van der Waals surface area (Å²) in [5.74, 6) is -0.0402. The van der Waals surface area contributed by atoms with Gasteiger partial charge in [0, 0.05) is 37.8 Å². The highest BCUT2D eigenvalue weighted by atomic mass is 32.1. The second kappa shape index (κ2) is 8.43. The van der Waals surface area contributed by atoms with Crippen LogP contribution in [0.4, 0.5) is 0 Å². The third kappa shape index (κ3) is 3.83. The summed E-state index contributed by atoms with van der Waals surface area (Å²) in [6.45, 7) is 2.39. The number of rotatable bonds is 7. The van der Waals surface area contributed by atoms with Crippen molar-refractivity contribution in [2.45, 2.75) is 31.8 Å². The molecule has 3 aromatic rings. The van der Waals surface area contributed by atoms with Crippen LogP contribution in [0.2, 0.25) is 0 Å². The molecule has 1 saturated heterocycles. The summed E-state index contributed by atoms with van der Waals surface area (Å²) in [6.07, 6.45) is 4.88. The number of likely N-dealkylation sites (tertiary alicyclic amines) is 1. The van der Waals surface area contributed by atoms with Crippen molar-refractivity contribution >= 4 is 22.2 Å². The Morgan fingerprint density at radius 2 is 2.18 bits per heavy atom. The first-order valence-electron chi connectivity index (χ1n) is 9.76. The number of thiazole rings is 1. The summed E-state index contributed by atoms with van der Waals surface area (Å²) in [6, 6.07) is 10.4. The maximum absolute atomic E-state index is 13.2. The number of carbonyl (C=O) groups excluding carboxylic acids is 1. The molecule has 0 radical (unpaired) electrons. The van der Waals surface area contributed by atoms with Crippen molar-refractivity contribution in [1.29, 1.82) is 0 Å². The number of aliphatic hydroxyl groups is 1. The highest BCUT2D eigenvalue weighted by Crippen LogP contribution is 2.24. The van der Waals surface area contributed by atoms with Crippen LogP contribution >= 0.6 is 11.3 Å². The van der Waals surface area contributed by atoms with Gasteiger partial charge in [-0.1, -0.05) is 30.3 Å². The minimum Gasteiger partial charge on any atom is -0.395 e. The standard InChI is InChI=1S/C21H26N4O2S/c1-23(11-9-16-6-3-2-4-7-16)20(27)19-18(25-12-13-28-21(25)22-19)14-24-10-5-8-17(24)15-26/h2-4,6-7,12-13,17,26H,5,8-11,14-15H2,1H3/t17-/m0/s1. The Labute approximate surface area is 169 Å². The van der Waals surface area contributed by atoms with Crippen molar-refractivity contribution in [3.63, 3.8) is 0 Å². The van der Waals surface area contributed by atoms with Gasteiger partial charge in [0.05, 0.1) is 12.3 Å². The second-order valence-corrected chi connectivity index (χ2v) is 8.25. The first-order valence-corrected chi connectivity index (χ1v) is 10.6. The molecule has 1 aliphatic rings. The number of aromatic nitrogens is 2. The van der Waals surface area contributed by atoms with Crippen molar-refractivity contribution in [2.75, 3.05) is 26.7 Å². The number of hydrogen-bond donors (Lipinski definition) is 1. The summed E-state index contributed by atoms with van der Waals surface area (Å²) in [4.78, 5) is 22.7. The maximum atomic E-state index is 13.2. The average Bonchev–Trinajstić information content (AvgIpc) is 3.43. The summed E-state index contributed by atoms with van der Waals surface area (Å²) in [5, 5.41) is 11.6. The van der Waals surface area contributed by atoms with Crippen LogP contribution in [0.3, 0.4) is 0 Å². The highest BCUT2D eigenvalue weighted by molar-refractivity contribution is 7.15. The molecule has 0 spiro atoms. The zero-order chi connectivity index (χ0) is 19.5. The number of fused-ring (bicyclic) bond motifs is 1. The van der Waals surface area contributed by atoms with Gasteiger partial charge in [0.15, 0.2) is 10.7 Å². The van der Waals surface area contributed by atoms with Crippen molar-refractivity contribution in [3.05, 3.63) is 58.9 Å². The zero-order valence-electron chi connectivity index (χ0n) is 16.1. The Kier molecular flexibility index (Phi) is 5.75. The van der Waals surface area contributed by atoms with Gasteiger partial charge in [0.2, 0.25) is 0 Å². The lowest BCUT2D eigenvalue weighted by molar-refractivity contribution is 0.0788. The van der Waals surface area contributed by atoms with Crippen LogP contribution in [0.25, 0.3) is 4.96 Å². The fourth-order valence-corrected chi connectivity index (χ4v) is 4.61. The van der Waals surface area contributed by atoms with Crippen LogP contribution in [-0.4, -0.2) is 63.0 Å². The number of carbonyl (C=O) groups is 1. The Balaban J connectivity index is 1.53. The van der Waals surface area contributed by atoms with Gasteiger partial charge in [-0.2, -0.15) is 0 Å². The number of aliphatic hydroxyl groups excluding tert-OH is 1. The molecule has 7 heteroatoms. The Morgan fingerprint density at radius 3 is 2.96 bits per heavy atom. The molecule has 1 aliphatic heterocycles. The van der Waals surface area contributed by atoms with Crippen LogP contribution in [0.15, 0.2) is 41.9 Å². The van der Waals surface area contributed by atoms with Crippen molar-refractivity contribution < 1.29 is 9.90 Å². The maximum Gasteiger partial charge on any atom is 0.274 e. The van der Waals surface area contributed by atoms with E-state index < -0.39 is 0 Å². The predicted octanol–water partition coefficient (Wildman–Crippen LogP) is 2.67. The lowest BCUT2D eigenvalue weighted by Gasteiger charge is -2.23. The zero-order valence-corrected chi connectivity index (χ0v) is 16.9.